The summed E-state index contributed by atoms with van der Waals surface area (Å²) < 4.78 is 0. The number of aromatic nitrogens is 1. The number of nitrogens with zero attached hydrogens (tertiary/aromatic N) is 1. The number of hydrogen-bond donors (Lipinski definition) is 3. The average Bonchev–Trinajstić information content (AvgIpc) is 3.15. The van der Waals surface area contributed by atoms with E-state index in [-0.39, 0.29) is 18.7 Å². The summed E-state index contributed by atoms with van der Waals surface area (Å²) in [6.07, 6.45) is 4.87. The van der Waals surface area contributed by atoms with E-state index in [1.165, 1.54) is 11.1 Å². The van der Waals surface area contributed by atoms with Crippen LogP contribution in [0.4, 0.5) is 10.5 Å². The summed E-state index contributed by atoms with van der Waals surface area (Å²) in [5.41, 5.74) is 4.26. The molecule has 134 valence electrons. The number of aliphatic hydroxyl groups excluding tert-OH is 1. The molecule has 0 radical (unpaired) electrons. The Balaban J connectivity index is 1.63. The van der Waals surface area contributed by atoms with Crippen LogP contribution >= 0.6 is 0 Å². The van der Waals surface area contributed by atoms with E-state index in [0.717, 1.165) is 35.9 Å². The van der Waals surface area contributed by atoms with Crippen molar-refractivity contribution >= 4 is 22.6 Å². The molecule has 1 atom stereocenters. The van der Waals surface area contributed by atoms with E-state index in [2.05, 4.69) is 22.4 Å². The summed E-state index contributed by atoms with van der Waals surface area (Å²) in [5, 5.41) is 13.6. The van der Waals surface area contributed by atoms with E-state index in [4.69, 9.17) is 0 Å². The van der Waals surface area contributed by atoms with Crippen LogP contribution in [0.25, 0.3) is 10.9 Å². The smallest absolute Gasteiger partial charge is 0.322 e. The Labute approximate surface area is 152 Å². The van der Waals surface area contributed by atoms with Gasteiger partial charge in [0.25, 0.3) is 0 Å². The Bertz CT molecular complexity index is 918. The molecular formula is C21H23N3O2. The van der Waals surface area contributed by atoms with Crippen molar-refractivity contribution in [2.75, 3.05) is 18.5 Å². The van der Waals surface area contributed by atoms with Crippen molar-refractivity contribution in [1.82, 2.24) is 9.88 Å². The first-order valence-corrected chi connectivity index (χ1v) is 9.10. The molecule has 1 aliphatic carbocycles. The molecule has 3 N–H and O–H groups in total. The van der Waals surface area contributed by atoms with Crippen LogP contribution in [0.1, 0.15) is 30.0 Å². The van der Waals surface area contributed by atoms with Crippen LogP contribution in [-0.2, 0) is 6.42 Å². The van der Waals surface area contributed by atoms with Crippen LogP contribution in [0.15, 0.2) is 54.7 Å². The highest BCUT2D eigenvalue weighted by Gasteiger charge is 2.29. The second kappa shape index (κ2) is 7.22. The summed E-state index contributed by atoms with van der Waals surface area (Å²) in [7, 11) is 0. The molecule has 26 heavy (non-hydrogen) atoms. The fourth-order valence-electron chi connectivity index (χ4n) is 3.94. The molecule has 2 amide bonds. The number of H-pyrrole nitrogens is 1. The number of aryl methyl sites for hydroxylation is 1. The summed E-state index contributed by atoms with van der Waals surface area (Å²) in [5.74, 6) is 0. The van der Waals surface area contributed by atoms with E-state index in [9.17, 15) is 9.90 Å². The predicted octanol–water partition coefficient (Wildman–Crippen LogP) is 4.07. The fraction of sp³-hybridized carbons (Fsp3) is 0.286. The van der Waals surface area contributed by atoms with Crippen LogP contribution in [0, 0.1) is 0 Å². The van der Waals surface area contributed by atoms with E-state index in [1.807, 2.05) is 42.6 Å². The van der Waals surface area contributed by atoms with E-state index in [0.29, 0.717) is 6.54 Å². The van der Waals surface area contributed by atoms with Crippen molar-refractivity contribution in [3.63, 3.8) is 0 Å². The largest absolute Gasteiger partial charge is 0.395 e. The van der Waals surface area contributed by atoms with E-state index >= 15 is 0 Å². The van der Waals surface area contributed by atoms with Gasteiger partial charge in [-0.3, -0.25) is 0 Å². The van der Waals surface area contributed by atoms with Gasteiger partial charge in [-0.15, -0.1) is 0 Å². The number of fused-ring (bicyclic) bond motifs is 2. The van der Waals surface area contributed by atoms with Crippen molar-refractivity contribution < 1.29 is 9.90 Å². The first-order valence-electron chi connectivity index (χ1n) is 9.10. The molecule has 4 rings (SSSR count). The Morgan fingerprint density at radius 2 is 2.08 bits per heavy atom. The first kappa shape index (κ1) is 16.7. The van der Waals surface area contributed by atoms with E-state index < -0.39 is 0 Å². The van der Waals surface area contributed by atoms with E-state index in [1.54, 1.807) is 4.90 Å². The van der Waals surface area contributed by atoms with Crippen LogP contribution in [-0.4, -0.2) is 34.2 Å². The molecule has 0 bridgehead atoms. The second-order valence-corrected chi connectivity index (χ2v) is 6.70. The Kier molecular flexibility index (Phi) is 4.63. The minimum atomic E-state index is -0.172. The molecule has 1 heterocycles. The molecule has 5 heteroatoms. The van der Waals surface area contributed by atoms with Gasteiger partial charge in [-0.1, -0.05) is 30.3 Å². The Morgan fingerprint density at radius 1 is 1.19 bits per heavy atom. The number of carbonyl (C=O) groups excluding carboxylic acids is 1. The number of anilines is 1. The lowest BCUT2D eigenvalue weighted by atomic mass is 9.87. The topological polar surface area (TPSA) is 68.4 Å². The number of amides is 2. The fourth-order valence-corrected chi connectivity index (χ4v) is 3.94. The van der Waals surface area contributed by atoms with Crippen LogP contribution in [0.2, 0.25) is 0 Å². The molecule has 0 saturated carbocycles. The second-order valence-electron chi connectivity index (χ2n) is 6.70. The average molecular weight is 349 g/mol. The maximum Gasteiger partial charge on any atom is 0.322 e. The number of hydrogen-bond acceptors (Lipinski definition) is 2. The highest BCUT2D eigenvalue weighted by atomic mass is 16.3. The van der Waals surface area contributed by atoms with Gasteiger partial charge in [0.1, 0.15) is 0 Å². The molecule has 3 aromatic rings. The number of carbonyl (C=O) groups is 1. The molecule has 0 saturated heterocycles. The molecule has 2 aromatic carbocycles. The molecule has 1 unspecified atom stereocenters. The van der Waals surface area contributed by atoms with Gasteiger partial charge in [0.2, 0.25) is 0 Å². The monoisotopic (exact) mass is 349 g/mol. The maximum atomic E-state index is 13.1. The minimum Gasteiger partial charge on any atom is -0.395 e. The number of rotatable bonds is 4. The van der Waals surface area contributed by atoms with Gasteiger partial charge in [-0.25, -0.2) is 4.79 Å². The molecule has 0 fully saturated rings. The molecule has 1 aromatic heterocycles. The number of nitrogens with one attached hydrogen (secondary N) is 2. The van der Waals surface area contributed by atoms with Gasteiger partial charge in [0, 0.05) is 23.6 Å². The molecule has 0 aliphatic heterocycles. The standard InChI is InChI=1S/C21H23N3O2/c25-14-13-24(20-10-3-6-15-5-1-2-7-16(15)20)21(26)23-19-9-4-8-18-17(19)11-12-22-18/h1-2,4-5,7-9,11-12,20,22,25H,3,6,10,13-14H2,(H,23,26). The van der Waals surface area contributed by atoms with Crippen molar-refractivity contribution in [1.29, 1.82) is 0 Å². The molecule has 0 spiro atoms. The zero-order valence-electron chi connectivity index (χ0n) is 14.6. The van der Waals surface area contributed by atoms with Crippen LogP contribution in [0.3, 0.4) is 0 Å². The summed E-state index contributed by atoms with van der Waals surface area (Å²) in [6, 6.07) is 15.9. The van der Waals surface area contributed by atoms with Crippen molar-refractivity contribution in [2.45, 2.75) is 25.3 Å². The third-order valence-electron chi connectivity index (χ3n) is 5.15. The summed E-state index contributed by atoms with van der Waals surface area (Å²) in [4.78, 5) is 18.0. The SMILES string of the molecule is O=C(Nc1cccc2[nH]ccc12)N(CCO)C1CCCc2ccccc21. The van der Waals surface area contributed by atoms with Crippen molar-refractivity contribution in [2.24, 2.45) is 0 Å². The quantitative estimate of drug-likeness (QED) is 0.664. The van der Waals surface area contributed by atoms with Gasteiger partial charge in [0.15, 0.2) is 0 Å². The Morgan fingerprint density at radius 3 is 2.96 bits per heavy atom. The lowest BCUT2D eigenvalue weighted by molar-refractivity contribution is 0.155. The number of urea groups is 1. The number of benzene rings is 2. The van der Waals surface area contributed by atoms with Gasteiger partial charge >= 0.3 is 6.03 Å². The van der Waals surface area contributed by atoms with Crippen LogP contribution in [0.5, 0.6) is 0 Å². The van der Waals surface area contributed by atoms with Crippen LogP contribution < -0.4 is 5.32 Å². The van der Waals surface area contributed by atoms with Crippen molar-refractivity contribution in [3.8, 4) is 0 Å². The zero-order chi connectivity index (χ0) is 17.9. The number of aromatic amines is 1. The maximum absolute atomic E-state index is 13.1. The Hall–Kier alpha value is -2.79. The van der Waals surface area contributed by atoms with Gasteiger partial charge in [0.05, 0.1) is 18.3 Å². The lowest BCUT2D eigenvalue weighted by Gasteiger charge is -2.35. The third kappa shape index (κ3) is 3.06. The third-order valence-corrected chi connectivity index (χ3v) is 5.15. The first-order chi connectivity index (χ1) is 12.8. The summed E-state index contributed by atoms with van der Waals surface area (Å²) in [6.45, 7) is 0.258. The normalized spacial score (nSPS) is 16.3. The summed E-state index contributed by atoms with van der Waals surface area (Å²) >= 11 is 0. The highest BCUT2D eigenvalue weighted by Crippen LogP contribution is 2.34. The predicted molar refractivity (Wildman–Crippen MR) is 103 cm³/mol. The molecular weight excluding hydrogens is 326 g/mol. The van der Waals surface area contributed by atoms with Gasteiger partial charge < -0.3 is 20.3 Å². The van der Waals surface area contributed by atoms with Gasteiger partial charge in [-0.2, -0.15) is 0 Å². The molecule has 1 aliphatic rings. The number of aliphatic hydroxyl groups is 1. The highest BCUT2D eigenvalue weighted by molar-refractivity contribution is 6.00. The lowest BCUT2D eigenvalue weighted by Crippen LogP contribution is -2.41. The van der Waals surface area contributed by atoms with Crippen molar-refractivity contribution in [3.05, 3.63) is 65.9 Å². The minimum absolute atomic E-state index is 0.00229. The molecule has 5 nitrogen and oxygen atoms in total. The zero-order valence-corrected chi connectivity index (χ0v) is 14.6. The van der Waals surface area contributed by atoms with Gasteiger partial charge in [-0.05, 0) is 48.6 Å².